The van der Waals surface area contributed by atoms with E-state index in [1.54, 1.807) is 12.1 Å². The number of benzene rings is 1. The van der Waals surface area contributed by atoms with Crippen LogP contribution < -0.4 is 10.6 Å². The Kier molecular flexibility index (Phi) is 4.98. The minimum atomic E-state index is -1.35. The second-order valence-corrected chi connectivity index (χ2v) is 5.21. The maximum Gasteiger partial charge on any atom is 0.315 e. The first-order valence-corrected chi connectivity index (χ1v) is 6.89. The molecule has 23 heavy (non-hydrogen) atoms. The van der Waals surface area contributed by atoms with Crippen molar-refractivity contribution in [3.63, 3.8) is 0 Å². The van der Waals surface area contributed by atoms with Crippen LogP contribution in [0.5, 0.6) is 0 Å². The fourth-order valence-electron chi connectivity index (χ4n) is 1.94. The number of carbonyl (C=O) groups is 1. The number of nitrogens with one attached hydrogen (secondary N) is 2. The van der Waals surface area contributed by atoms with Gasteiger partial charge in [0.2, 0.25) is 0 Å². The van der Waals surface area contributed by atoms with Crippen molar-refractivity contribution in [1.82, 2.24) is 10.6 Å². The predicted octanol–water partition coefficient (Wildman–Crippen LogP) is 2.00. The molecule has 6 nitrogen and oxygen atoms in total. The molecular weight excluding hydrogens is 301 g/mol. The van der Waals surface area contributed by atoms with Gasteiger partial charge in [-0.2, -0.15) is 5.26 Å². The molecule has 0 bridgehead atoms. The summed E-state index contributed by atoms with van der Waals surface area (Å²) in [4.78, 5) is 11.7. The van der Waals surface area contributed by atoms with Gasteiger partial charge in [-0.1, -0.05) is 0 Å². The molecule has 0 aliphatic heterocycles. The fraction of sp³-hybridized carbons (Fsp3) is 0.250. The van der Waals surface area contributed by atoms with Crippen molar-refractivity contribution in [3.05, 3.63) is 59.3 Å². The second-order valence-electron chi connectivity index (χ2n) is 5.21. The molecule has 2 aromatic rings. The lowest BCUT2D eigenvalue weighted by Crippen LogP contribution is -2.43. The maximum atomic E-state index is 13.6. The van der Waals surface area contributed by atoms with Crippen molar-refractivity contribution in [2.24, 2.45) is 0 Å². The third-order valence-electron chi connectivity index (χ3n) is 3.26. The van der Waals surface area contributed by atoms with E-state index < -0.39 is 17.4 Å². The molecule has 1 unspecified atom stereocenters. The third kappa shape index (κ3) is 4.31. The second kappa shape index (κ2) is 6.94. The molecule has 3 N–H and O–H groups in total. The number of hydrogen-bond acceptors (Lipinski definition) is 4. The zero-order valence-corrected chi connectivity index (χ0v) is 12.5. The quantitative estimate of drug-likeness (QED) is 0.785. The van der Waals surface area contributed by atoms with Crippen molar-refractivity contribution in [2.75, 3.05) is 6.54 Å². The van der Waals surface area contributed by atoms with Crippen LogP contribution in [0.25, 0.3) is 0 Å². The van der Waals surface area contributed by atoms with Gasteiger partial charge in [0.05, 0.1) is 24.4 Å². The molecule has 1 atom stereocenters. The number of hydrogen-bond donors (Lipinski definition) is 3. The Morgan fingerprint density at radius 3 is 2.87 bits per heavy atom. The Labute approximate surface area is 132 Å². The predicted molar refractivity (Wildman–Crippen MR) is 79.6 cm³/mol. The van der Waals surface area contributed by atoms with Gasteiger partial charge in [-0.25, -0.2) is 9.18 Å². The molecule has 0 saturated heterocycles. The highest BCUT2D eigenvalue weighted by molar-refractivity contribution is 5.73. The third-order valence-corrected chi connectivity index (χ3v) is 3.26. The van der Waals surface area contributed by atoms with Crippen LogP contribution >= 0.6 is 0 Å². The lowest BCUT2D eigenvalue weighted by molar-refractivity contribution is 0.0367. The van der Waals surface area contributed by atoms with Crippen molar-refractivity contribution >= 4 is 6.03 Å². The highest BCUT2D eigenvalue weighted by atomic mass is 19.1. The summed E-state index contributed by atoms with van der Waals surface area (Å²) in [5.41, 5.74) is -0.839. The summed E-state index contributed by atoms with van der Waals surface area (Å²) in [6, 6.07) is 8.47. The molecule has 0 radical (unpaired) electrons. The summed E-state index contributed by atoms with van der Waals surface area (Å²) in [5, 5.41) is 23.9. The number of halogens is 1. The highest BCUT2D eigenvalue weighted by Crippen LogP contribution is 2.19. The molecule has 7 heteroatoms. The molecule has 0 fully saturated rings. The van der Waals surface area contributed by atoms with E-state index in [-0.39, 0.29) is 18.7 Å². The Bertz CT molecular complexity index is 721. The van der Waals surface area contributed by atoms with Crippen LogP contribution in [0.2, 0.25) is 0 Å². The van der Waals surface area contributed by atoms with Crippen molar-refractivity contribution in [2.45, 2.75) is 19.1 Å². The van der Waals surface area contributed by atoms with E-state index >= 15 is 0 Å². The standard InChI is InChI=1S/C16H16FN3O3/c1-16(22,14-3-2-6-23-14)10-20-15(21)19-9-12-7-11(8-18)4-5-13(12)17/h2-7,22H,9-10H2,1H3,(H2,19,20,21). The summed E-state index contributed by atoms with van der Waals surface area (Å²) >= 11 is 0. The molecule has 1 heterocycles. The van der Waals surface area contributed by atoms with E-state index in [1.807, 2.05) is 6.07 Å². The Balaban J connectivity index is 1.87. The molecule has 0 spiro atoms. The van der Waals surface area contributed by atoms with E-state index in [1.165, 1.54) is 31.4 Å². The molecule has 1 aromatic heterocycles. The molecule has 0 aliphatic rings. The smallest absolute Gasteiger partial charge is 0.315 e. The van der Waals surface area contributed by atoms with Gasteiger partial charge >= 0.3 is 6.03 Å². The van der Waals surface area contributed by atoms with Crippen LogP contribution in [0.15, 0.2) is 41.0 Å². The number of furan rings is 1. The van der Waals surface area contributed by atoms with Crippen LogP contribution in [0.1, 0.15) is 23.8 Å². The average Bonchev–Trinajstić information content (AvgIpc) is 3.07. The van der Waals surface area contributed by atoms with Gasteiger partial charge < -0.3 is 20.2 Å². The summed E-state index contributed by atoms with van der Waals surface area (Å²) in [5.74, 6) is -0.183. The van der Waals surface area contributed by atoms with Crippen LogP contribution in [-0.4, -0.2) is 17.7 Å². The van der Waals surface area contributed by atoms with Gasteiger partial charge in [0.25, 0.3) is 0 Å². The van der Waals surface area contributed by atoms with E-state index in [0.717, 1.165) is 0 Å². The van der Waals surface area contributed by atoms with Crippen molar-refractivity contribution in [1.29, 1.82) is 5.26 Å². The first kappa shape index (κ1) is 16.5. The number of carbonyl (C=O) groups excluding carboxylic acids is 1. The fourth-order valence-corrected chi connectivity index (χ4v) is 1.94. The van der Waals surface area contributed by atoms with Crippen molar-refractivity contribution in [3.8, 4) is 6.07 Å². The molecule has 0 saturated carbocycles. The van der Waals surface area contributed by atoms with Crippen LogP contribution in [0.3, 0.4) is 0 Å². The SMILES string of the molecule is CC(O)(CNC(=O)NCc1cc(C#N)ccc1F)c1ccco1. The number of nitrogens with zero attached hydrogens (tertiary/aromatic N) is 1. The first-order chi connectivity index (χ1) is 10.9. The maximum absolute atomic E-state index is 13.6. The summed E-state index contributed by atoms with van der Waals surface area (Å²) in [6.45, 7) is 1.35. The van der Waals surface area contributed by atoms with E-state index in [4.69, 9.17) is 9.68 Å². The zero-order chi connectivity index (χ0) is 16.9. The molecule has 1 aromatic carbocycles. The van der Waals surface area contributed by atoms with E-state index in [0.29, 0.717) is 11.3 Å². The topological polar surface area (TPSA) is 98.3 Å². The van der Waals surface area contributed by atoms with Gasteiger partial charge in [0, 0.05) is 12.1 Å². The molecule has 2 rings (SSSR count). The van der Waals surface area contributed by atoms with Crippen molar-refractivity contribution < 1.29 is 18.7 Å². The highest BCUT2D eigenvalue weighted by Gasteiger charge is 2.26. The van der Waals surface area contributed by atoms with E-state index in [9.17, 15) is 14.3 Å². The monoisotopic (exact) mass is 317 g/mol. The minimum Gasteiger partial charge on any atom is -0.466 e. The normalized spacial score (nSPS) is 13.0. The molecule has 2 amide bonds. The Morgan fingerprint density at radius 2 is 2.22 bits per heavy atom. The first-order valence-electron chi connectivity index (χ1n) is 6.89. The van der Waals surface area contributed by atoms with Gasteiger partial charge in [-0.05, 0) is 37.3 Å². The molecule has 120 valence electrons. The van der Waals surface area contributed by atoms with Crippen LogP contribution in [0, 0.1) is 17.1 Å². The number of amides is 2. The van der Waals surface area contributed by atoms with Gasteiger partial charge in [-0.15, -0.1) is 0 Å². The number of rotatable bonds is 5. The Hall–Kier alpha value is -2.85. The minimum absolute atomic E-state index is 0.0733. The van der Waals surface area contributed by atoms with E-state index in [2.05, 4.69) is 10.6 Å². The largest absolute Gasteiger partial charge is 0.466 e. The molecule has 0 aliphatic carbocycles. The number of nitriles is 1. The van der Waals surface area contributed by atoms with Gasteiger partial charge in [-0.3, -0.25) is 0 Å². The Morgan fingerprint density at radius 1 is 1.43 bits per heavy atom. The van der Waals surface area contributed by atoms with Crippen LogP contribution in [0.4, 0.5) is 9.18 Å². The summed E-state index contributed by atoms with van der Waals surface area (Å²) < 4.78 is 18.7. The van der Waals surface area contributed by atoms with Gasteiger partial charge in [0.15, 0.2) is 0 Å². The lowest BCUT2D eigenvalue weighted by Gasteiger charge is -2.21. The lowest BCUT2D eigenvalue weighted by atomic mass is 10.0. The molecular formula is C16H16FN3O3. The average molecular weight is 317 g/mol. The van der Waals surface area contributed by atoms with Gasteiger partial charge in [0.1, 0.15) is 17.2 Å². The number of urea groups is 1. The zero-order valence-electron chi connectivity index (χ0n) is 12.5. The summed E-state index contributed by atoms with van der Waals surface area (Å²) in [7, 11) is 0. The van der Waals surface area contributed by atoms with Crippen LogP contribution in [-0.2, 0) is 12.1 Å². The number of aliphatic hydroxyl groups is 1. The summed E-state index contributed by atoms with van der Waals surface area (Å²) in [6.07, 6.45) is 1.43.